The Balaban J connectivity index is 1.94. The van der Waals surface area contributed by atoms with Crippen LogP contribution in [-0.2, 0) is 18.0 Å². The first-order valence-corrected chi connectivity index (χ1v) is 11.9. The monoisotopic (exact) mass is 501 g/mol. The Morgan fingerprint density at radius 1 is 1.36 bits per heavy atom. The molecule has 0 saturated carbocycles. The molecule has 5 rings (SSSR count). The van der Waals surface area contributed by atoms with E-state index in [0.29, 0.717) is 38.2 Å². The second kappa shape index (κ2) is 8.04. The van der Waals surface area contributed by atoms with Gasteiger partial charge in [-0.15, -0.1) is 23.1 Å². The molecule has 2 aromatic heterocycles. The summed E-state index contributed by atoms with van der Waals surface area (Å²) in [6, 6.07) is 6.27. The second-order valence-corrected chi connectivity index (χ2v) is 9.48. The molecule has 0 bridgehead atoms. The summed E-state index contributed by atoms with van der Waals surface area (Å²) >= 11 is 9.07. The van der Waals surface area contributed by atoms with Crippen LogP contribution in [0.3, 0.4) is 0 Å². The smallest absolute Gasteiger partial charge is 0.409 e. The number of halogens is 2. The fourth-order valence-electron chi connectivity index (χ4n) is 4.20. The molecule has 2 aromatic carbocycles. The van der Waals surface area contributed by atoms with Gasteiger partial charge in [-0.05, 0) is 29.0 Å². The molecule has 0 aliphatic carbocycles. The number of hydrogen-bond acceptors (Lipinski definition) is 6. The largest absolute Gasteiger partial charge is 0.465 e. The molecule has 0 atom stereocenters. The first-order chi connectivity index (χ1) is 15.8. The number of rotatable bonds is 3. The third-order valence-electron chi connectivity index (χ3n) is 5.52. The molecule has 33 heavy (non-hydrogen) atoms. The Kier molecular flexibility index (Phi) is 5.29. The maximum Gasteiger partial charge on any atom is 0.409 e. The van der Waals surface area contributed by atoms with Crippen LogP contribution in [0.2, 0.25) is 5.02 Å². The molecule has 1 aliphatic heterocycles. The molecule has 0 spiro atoms. The molecule has 0 fully saturated rings. The van der Waals surface area contributed by atoms with Crippen molar-refractivity contribution in [3.05, 3.63) is 56.0 Å². The first-order valence-electron chi connectivity index (χ1n) is 9.53. The van der Waals surface area contributed by atoms with Gasteiger partial charge in [0.05, 0.1) is 44.4 Å². The molecule has 11 heteroatoms. The second-order valence-electron chi connectivity index (χ2n) is 7.24. The molecule has 1 aliphatic rings. The van der Waals surface area contributed by atoms with Crippen LogP contribution >= 0.6 is 34.7 Å². The average molecular weight is 502 g/mol. The van der Waals surface area contributed by atoms with Crippen molar-refractivity contribution in [2.24, 2.45) is 0 Å². The Hall–Kier alpha value is -3.10. The van der Waals surface area contributed by atoms with E-state index < -0.39 is 11.9 Å². The molecule has 1 amide bonds. The number of benzene rings is 2. The summed E-state index contributed by atoms with van der Waals surface area (Å²) in [5.41, 5.74) is 2.60. The lowest BCUT2D eigenvalue weighted by molar-refractivity contribution is 0.135. The van der Waals surface area contributed by atoms with Crippen molar-refractivity contribution in [2.45, 2.75) is 18.2 Å². The number of carboxylic acid groups (broad SMARTS) is 1. The van der Waals surface area contributed by atoms with E-state index >= 15 is 0 Å². The number of nitrogens with one attached hydrogen (secondary N) is 2. The zero-order chi connectivity index (χ0) is 23.4. The van der Waals surface area contributed by atoms with E-state index in [1.54, 1.807) is 0 Å². The zero-order valence-electron chi connectivity index (χ0n) is 16.8. The minimum Gasteiger partial charge on any atom is -0.465 e. The van der Waals surface area contributed by atoms with Gasteiger partial charge in [0.1, 0.15) is 16.9 Å². The highest BCUT2D eigenvalue weighted by Gasteiger charge is 2.29. The third-order valence-corrected chi connectivity index (χ3v) is 7.67. The number of aromatic nitrogens is 1. The number of nitrogens with zero attached hydrogens (tertiary/aromatic N) is 1. The summed E-state index contributed by atoms with van der Waals surface area (Å²) in [6.07, 6.45) is 0.466. The Bertz CT molecular complexity index is 1610. The fourth-order valence-corrected chi connectivity index (χ4v) is 6.05. The maximum absolute atomic E-state index is 14.7. The summed E-state index contributed by atoms with van der Waals surface area (Å²) in [7, 11) is 0. The number of thioether (sulfide) groups is 1. The lowest BCUT2D eigenvalue weighted by Gasteiger charge is -2.16. The van der Waals surface area contributed by atoms with Crippen LogP contribution in [0.5, 0.6) is 0 Å². The number of carbonyl (C=O) groups is 1. The molecule has 3 N–H and O–H groups in total. The van der Waals surface area contributed by atoms with Crippen molar-refractivity contribution < 1.29 is 19.0 Å². The molecule has 4 aromatic rings. The number of hydrogen-bond donors (Lipinski definition) is 3. The minimum atomic E-state index is -1.36. The lowest BCUT2D eigenvalue weighted by Crippen LogP contribution is -2.08. The molecule has 0 radical (unpaired) electrons. The number of anilines is 1. The van der Waals surface area contributed by atoms with Gasteiger partial charge in [0.15, 0.2) is 5.43 Å². The minimum absolute atomic E-state index is 0.00193. The summed E-state index contributed by atoms with van der Waals surface area (Å²) in [5, 5.41) is 22.7. The average Bonchev–Trinajstić information content (AvgIpc) is 3.39. The van der Waals surface area contributed by atoms with Crippen LogP contribution in [0, 0.1) is 17.1 Å². The number of thiophene rings is 1. The van der Waals surface area contributed by atoms with Crippen LogP contribution in [0.1, 0.15) is 16.7 Å². The van der Waals surface area contributed by atoms with Crippen LogP contribution in [-0.4, -0.2) is 22.4 Å². The van der Waals surface area contributed by atoms with E-state index in [4.69, 9.17) is 21.4 Å². The quantitative estimate of drug-likeness (QED) is 0.300. The van der Waals surface area contributed by atoms with Gasteiger partial charge in [-0.1, -0.05) is 17.7 Å². The topological polar surface area (TPSA) is 115 Å². The van der Waals surface area contributed by atoms with Crippen molar-refractivity contribution in [1.29, 1.82) is 5.26 Å². The predicted molar refractivity (Wildman–Crippen MR) is 127 cm³/mol. The van der Waals surface area contributed by atoms with E-state index in [1.165, 1.54) is 30.0 Å². The van der Waals surface area contributed by atoms with E-state index in [-0.39, 0.29) is 44.3 Å². The highest BCUT2D eigenvalue weighted by molar-refractivity contribution is 7.98. The van der Waals surface area contributed by atoms with Crippen LogP contribution in [0.15, 0.2) is 28.0 Å². The van der Waals surface area contributed by atoms with Gasteiger partial charge in [-0.25, -0.2) is 9.18 Å². The van der Waals surface area contributed by atoms with E-state index in [1.807, 2.05) is 12.3 Å². The fraction of sp³-hybridized carbons (Fsp3) is 0.136. The number of ether oxygens (including phenoxy) is 1. The van der Waals surface area contributed by atoms with Crippen molar-refractivity contribution in [3.63, 3.8) is 0 Å². The number of nitriles is 1. The van der Waals surface area contributed by atoms with Gasteiger partial charge in [0.2, 0.25) is 0 Å². The normalized spacial score (nSPS) is 12.8. The van der Waals surface area contributed by atoms with Gasteiger partial charge in [-0.2, -0.15) is 5.26 Å². The molecule has 0 unspecified atom stereocenters. The van der Waals surface area contributed by atoms with Crippen LogP contribution in [0.4, 0.5) is 14.2 Å². The Morgan fingerprint density at radius 2 is 2.12 bits per heavy atom. The Labute approximate surface area is 198 Å². The molecule has 0 saturated heterocycles. The number of H-pyrrole nitrogens is 1. The van der Waals surface area contributed by atoms with Gasteiger partial charge < -0.3 is 14.8 Å². The first kappa shape index (κ1) is 21.7. The summed E-state index contributed by atoms with van der Waals surface area (Å²) < 4.78 is 20.5. The highest BCUT2D eigenvalue weighted by Crippen LogP contribution is 2.48. The molecule has 7 nitrogen and oxygen atoms in total. The van der Waals surface area contributed by atoms with Crippen molar-refractivity contribution in [1.82, 2.24) is 4.98 Å². The molecular formula is C22H13ClFN3O4S2. The van der Waals surface area contributed by atoms with E-state index in [2.05, 4.69) is 10.3 Å². The standard InChI is InChI=1S/C22H13ClFN3O4S2/c1-32-14-4-13(28)17-11-7-31-6-10(11)15(18(23)19(17)26-14)8-2-3-12(24)20-16(8)9(5-25)21(33-20)27-22(29)30/h2-4,27H,6-7H2,1H3,(H,26,28)(H,29,30). The third kappa shape index (κ3) is 3.28. The SMILES string of the molecule is CSc1cc(=O)c2c3c(c(-c4ccc(F)c5sc(NC(=O)O)c(C#N)c45)c(Cl)c2[nH]1)COC3. The summed E-state index contributed by atoms with van der Waals surface area (Å²) in [5.74, 6) is -0.587. The lowest BCUT2D eigenvalue weighted by atomic mass is 9.91. The van der Waals surface area contributed by atoms with Crippen LogP contribution in [0.25, 0.3) is 32.1 Å². The Morgan fingerprint density at radius 3 is 2.82 bits per heavy atom. The van der Waals surface area contributed by atoms with Gasteiger partial charge in [-0.3, -0.25) is 10.1 Å². The number of pyridine rings is 1. The van der Waals surface area contributed by atoms with E-state index in [9.17, 15) is 19.2 Å². The summed E-state index contributed by atoms with van der Waals surface area (Å²) in [4.78, 5) is 27.3. The maximum atomic E-state index is 14.7. The highest BCUT2D eigenvalue weighted by atomic mass is 35.5. The molecule has 3 heterocycles. The predicted octanol–water partition coefficient (Wildman–Crippen LogP) is 5.92. The van der Waals surface area contributed by atoms with Gasteiger partial charge in [0, 0.05) is 17.0 Å². The van der Waals surface area contributed by atoms with Crippen molar-refractivity contribution >= 4 is 66.8 Å². The molecular weight excluding hydrogens is 489 g/mol. The number of fused-ring (bicyclic) bond motifs is 4. The molecule has 166 valence electrons. The number of amides is 1. The zero-order valence-corrected chi connectivity index (χ0v) is 19.2. The van der Waals surface area contributed by atoms with E-state index in [0.717, 1.165) is 11.3 Å². The van der Waals surface area contributed by atoms with Gasteiger partial charge >= 0.3 is 6.09 Å². The van der Waals surface area contributed by atoms with Gasteiger partial charge in [0.25, 0.3) is 0 Å². The number of aromatic amines is 1. The summed E-state index contributed by atoms with van der Waals surface area (Å²) in [6.45, 7) is 0.401. The van der Waals surface area contributed by atoms with Crippen LogP contribution < -0.4 is 10.7 Å². The van der Waals surface area contributed by atoms with Crippen molar-refractivity contribution in [3.8, 4) is 17.2 Å². The van der Waals surface area contributed by atoms with Crippen molar-refractivity contribution in [2.75, 3.05) is 11.6 Å².